The highest BCUT2D eigenvalue weighted by atomic mass is 16.2. The van der Waals surface area contributed by atoms with E-state index in [9.17, 15) is 14.9 Å². The van der Waals surface area contributed by atoms with Crippen LogP contribution in [-0.2, 0) is 0 Å². The van der Waals surface area contributed by atoms with Crippen molar-refractivity contribution >= 4 is 29.1 Å². The quantitative estimate of drug-likeness (QED) is 0.348. The summed E-state index contributed by atoms with van der Waals surface area (Å²) in [4.78, 5) is 38.6. The van der Waals surface area contributed by atoms with Crippen molar-refractivity contribution in [2.24, 2.45) is 10.2 Å². The number of nitrogens with two attached hydrogens (primary N) is 2. The van der Waals surface area contributed by atoms with Gasteiger partial charge in [-0.05, 0) is 6.92 Å². The van der Waals surface area contributed by atoms with Gasteiger partial charge in [0.25, 0.3) is 0 Å². The standard InChI is InChI=1S/C13H13N13O2/c1-2-17-10-19-7(15)6(8(16)20-10)24-25-9-5(3-14)4-18-26(9)11-21-12(27)23-13(28)22-11/h4H,2H2,1H3,(H5,15,16,17,19,20)(H2,21,22,23,27,28). The van der Waals surface area contributed by atoms with Crippen molar-refractivity contribution in [1.29, 1.82) is 5.26 Å². The summed E-state index contributed by atoms with van der Waals surface area (Å²) in [6.07, 6.45) is 1.16. The monoisotopic (exact) mass is 383 g/mol. The number of nitriles is 1. The number of nitrogen functional groups attached to an aromatic ring is 2. The summed E-state index contributed by atoms with van der Waals surface area (Å²) in [5.41, 5.74) is 9.92. The van der Waals surface area contributed by atoms with Gasteiger partial charge in [-0.2, -0.15) is 30.0 Å². The van der Waals surface area contributed by atoms with E-state index in [1.807, 2.05) is 18.0 Å². The van der Waals surface area contributed by atoms with Crippen LogP contribution in [0.25, 0.3) is 5.95 Å². The van der Waals surface area contributed by atoms with Crippen molar-refractivity contribution in [3.63, 3.8) is 0 Å². The average Bonchev–Trinajstić information content (AvgIpc) is 3.03. The first-order valence-electron chi connectivity index (χ1n) is 7.70. The van der Waals surface area contributed by atoms with Gasteiger partial charge in [0.15, 0.2) is 23.1 Å². The molecule has 0 atom stereocenters. The zero-order valence-corrected chi connectivity index (χ0v) is 14.3. The number of nitrogens with zero attached hydrogens (tertiary/aromatic N) is 8. The fourth-order valence-electron chi connectivity index (χ4n) is 2.08. The van der Waals surface area contributed by atoms with Crippen LogP contribution in [0.4, 0.5) is 29.1 Å². The second-order valence-electron chi connectivity index (χ2n) is 5.12. The molecular formula is C13H13N13O2. The lowest BCUT2D eigenvalue weighted by Gasteiger charge is -2.06. The number of hydrogen-bond donors (Lipinski definition) is 5. The lowest BCUT2D eigenvalue weighted by molar-refractivity contribution is 0.765. The molecule has 0 fully saturated rings. The summed E-state index contributed by atoms with van der Waals surface area (Å²) in [5, 5.41) is 23.8. The first kappa shape index (κ1) is 18.2. The van der Waals surface area contributed by atoms with Crippen LogP contribution in [0.15, 0.2) is 26.0 Å². The SMILES string of the molecule is CCNc1nc(N)c(N=Nc2c(C#N)cnn2-c2nc(=O)[nH]c(=O)[nH]2)c(N)n1. The number of H-pyrrole nitrogens is 2. The van der Waals surface area contributed by atoms with E-state index in [0.717, 1.165) is 10.9 Å². The summed E-state index contributed by atoms with van der Waals surface area (Å²) in [7, 11) is 0. The third-order valence-electron chi connectivity index (χ3n) is 3.24. The first-order chi connectivity index (χ1) is 13.4. The van der Waals surface area contributed by atoms with E-state index in [1.165, 1.54) is 0 Å². The van der Waals surface area contributed by atoms with Gasteiger partial charge >= 0.3 is 11.4 Å². The third-order valence-corrected chi connectivity index (χ3v) is 3.24. The Morgan fingerprint density at radius 2 is 1.93 bits per heavy atom. The van der Waals surface area contributed by atoms with E-state index >= 15 is 0 Å². The van der Waals surface area contributed by atoms with Crippen LogP contribution in [0.3, 0.4) is 0 Å². The summed E-state index contributed by atoms with van der Waals surface area (Å²) >= 11 is 0. The Hall–Kier alpha value is -4.61. The van der Waals surface area contributed by atoms with Gasteiger partial charge < -0.3 is 16.8 Å². The van der Waals surface area contributed by atoms with Gasteiger partial charge in [0.05, 0.1) is 6.20 Å². The number of anilines is 3. The van der Waals surface area contributed by atoms with E-state index in [4.69, 9.17) is 11.5 Å². The Bertz CT molecular complexity index is 1160. The largest absolute Gasteiger partial charge is 0.382 e. The molecule has 0 radical (unpaired) electrons. The van der Waals surface area contributed by atoms with Crippen LogP contribution in [0.2, 0.25) is 0 Å². The highest BCUT2D eigenvalue weighted by molar-refractivity contribution is 5.71. The second kappa shape index (κ2) is 7.33. The van der Waals surface area contributed by atoms with Crippen molar-refractivity contribution < 1.29 is 0 Å². The predicted octanol–water partition coefficient (Wildman–Crippen LogP) is -0.683. The number of hydrogen-bond acceptors (Lipinski definition) is 12. The molecule has 0 saturated heterocycles. The Kier molecular flexibility index (Phi) is 4.76. The Balaban J connectivity index is 2.08. The van der Waals surface area contributed by atoms with Crippen LogP contribution >= 0.6 is 0 Å². The molecule has 0 aliphatic carbocycles. The molecule has 28 heavy (non-hydrogen) atoms. The fourth-order valence-corrected chi connectivity index (χ4v) is 2.08. The maximum atomic E-state index is 11.5. The molecule has 7 N–H and O–H groups in total. The highest BCUT2D eigenvalue weighted by Gasteiger charge is 2.16. The minimum atomic E-state index is -0.906. The predicted molar refractivity (Wildman–Crippen MR) is 96.5 cm³/mol. The molecule has 0 spiro atoms. The number of azo groups is 1. The molecule has 3 aromatic heterocycles. The van der Waals surface area contributed by atoms with E-state index in [-0.39, 0.29) is 40.6 Å². The lowest BCUT2D eigenvalue weighted by Crippen LogP contribution is -2.27. The zero-order chi connectivity index (χ0) is 20.3. The summed E-state index contributed by atoms with van der Waals surface area (Å²) in [6, 6.07) is 1.86. The lowest BCUT2D eigenvalue weighted by atomic mass is 10.4. The van der Waals surface area contributed by atoms with E-state index in [1.54, 1.807) is 0 Å². The molecule has 0 aliphatic heterocycles. The molecule has 0 bridgehead atoms. The molecule has 0 amide bonds. The van der Waals surface area contributed by atoms with Gasteiger partial charge in [0.2, 0.25) is 11.9 Å². The zero-order valence-electron chi connectivity index (χ0n) is 14.3. The number of rotatable bonds is 5. The van der Waals surface area contributed by atoms with E-state index in [2.05, 4.69) is 40.6 Å². The molecule has 0 saturated carbocycles. The molecule has 3 heterocycles. The maximum absolute atomic E-state index is 11.5. The van der Waals surface area contributed by atoms with Gasteiger partial charge in [0.1, 0.15) is 11.6 Å². The van der Waals surface area contributed by atoms with Crippen molar-refractivity contribution in [2.45, 2.75) is 6.92 Å². The summed E-state index contributed by atoms with van der Waals surface area (Å²) < 4.78 is 0.957. The van der Waals surface area contributed by atoms with Gasteiger partial charge in [-0.15, -0.1) is 10.2 Å². The Morgan fingerprint density at radius 1 is 1.21 bits per heavy atom. The van der Waals surface area contributed by atoms with Crippen LogP contribution in [0.1, 0.15) is 12.5 Å². The van der Waals surface area contributed by atoms with Crippen LogP contribution < -0.4 is 28.2 Å². The van der Waals surface area contributed by atoms with Crippen LogP contribution in [-0.4, -0.2) is 41.2 Å². The maximum Gasteiger partial charge on any atom is 0.352 e. The van der Waals surface area contributed by atoms with Crippen molar-refractivity contribution in [3.8, 4) is 12.0 Å². The molecule has 0 aromatic carbocycles. The molecule has 0 unspecified atom stereocenters. The Labute approximate surface area is 155 Å². The second-order valence-corrected chi connectivity index (χ2v) is 5.12. The van der Waals surface area contributed by atoms with Gasteiger partial charge in [-0.1, -0.05) is 0 Å². The van der Waals surface area contributed by atoms with E-state index in [0.29, 0.717) is 6.54 Å². The molecule has 15 nitrogen and oxygen atoms in total. The van der Waals surface area contributed by atoms with Crippen molar-refractivity contribution in [1.82, 2.24) is 34.7 Å². The molecule has 3 rings (SSSR count). The number of nitrogens with one attached hydrogen (secondary N) is 3. The summed E-state index contributed by atoms with van der Waals surface area (Å²) in [5.74, 6) is -0.238. The minimum absolute atomic E-state index is 0.00554. The Morgan fingerprint density at radius 3 is 2.54 bits per heavy atom. The van der Waals surface area contributed by atoms with Gasteiger partial charge in [-0.3, -0.25) is 9.97 Å². The summed E-state index contributed by atoms with van der Waals surface area (Å²) in [6.45, 7) is 2.41. The van der Waals surface area contributed by atoms with Gasteiger partial charge in [-0.25, -0.2) is 9.59 Å². The van der Waals surface area contributed by atoms with Crippen molar-refractivity contribution in [2.75, 3.05) is 23.3 Å². The number of aromatic nitrogens is 7. The smallest absolute Gasteiger partial charge is 0.352 e. The molecule has 3 aromatic rings. The highest BCUT2D eigenvalue weighted by Crippen LogP contribution is 2.30. The van der Waals surface area contributed by atoms with E-state index < -0.39 is 11.4 Å². The first-order valence-corrected chi connectivity index (χ1v) is 7.70. The molecular weight excluding hydrogens is 370 g/mol. The molecule has 142 valence electrons. The van der Waals surface area contributed by atoms with Crippen LogP contribution in [0, 0.1) is 11.3 Å². The fraction of sp³-hybridized carbons (Fsp3) is 0.154. The molecule has 0 aliphatic rings. The van der Waals surface area contributed by atoms with Crippen molar-refractivity contribution in [3.05, 3.63) is 32.7 Å². The average molecular weight is 383 g/mol. The molecule has 15 heteroatoms. The number of aromatic amines is 2. The third kappa shape index (κ3) is 3.50. The normalized spacial score (nSPS) is 10.9. The van der Waals surface area contributed by atoms with Crippen LogP contribution in [0.5, 0.6) is 0 Å². The minimum Gasteiger partial charge on any atom is -0.382 e. The topological polar surface area (TPSA) is 235 Å². The van der Waals surface area contributed by atoms with Gasteiger partial charge in [0, 0.05) is 6.54 Å².